The lowest BCUT2D eigenvalue weighted by Gasteiger charge is -2.37. The molecular weight excluding hydrogens is 256 g/mol. The zero-order valence-corrected chi connectivity index (χ0v) is 13.9. The molecule has 2 rings (SSSR count). The Morgan fingerprint density at radius 2 is 1.57 bits per heavy atom. The Morgan fingerprint density at radius 1 is 0.952 bits per heavy atom. The molecule has 21 heavy (non-hydrogen) atoms. The molecule has 0 spiro atoms. The summed E-state index contributed by atoms with van der Waals surface area (Å²) < 4.78 is 5.83. The van der Waals surface area contributed by atoms with E-state index < -0.39 is 0 Å². The van der Waals surface area contributed by atoms with Gasteiger partial charge in [-0.3, -0.25) is 0 Å². The molecule has 1 nitrogen and oxygen atoms in total. The second-order valence-electron chi connectivity index (χ2n) is 7.10. The topological polar surface area (TPSA) is 9.23 Å². The van der Waals surface area contributed by atoms with E-state index in [-0.39, 0.29) is 0 Å². The van der Waals surface area contributed by atoms with Crippen molar-refractivity contribution in [1.82, 2.24) is 0 Å². The van der Waals surface area contributed by atoms with Gasteiger partial charge in [0.15, 0.2) is 0 Å². The maximum atomic E-state index is 5.83. The first-order valence-electron chi connectivity index (χ1n) is 9.24. The van der Waals surface area contributed by atoms with Gasteiger partial charge in [0.2, 0.25) is 0 Å². The van der Waals surface area contributed by atoms with Crippen molar-refractivity contribution in [3.8, 4) is 0 Å². The van der Waals surface area contributed by atoms with Gasteiger partial charge >= 0.3 is 0 Å². The largest absolute Gasteiger partial charge is 0.498 e. The molecule has 1 heteroatoms. The molecule has 0 aromatic rings. The summed E-state index contributed by atoms with van der Waals surface area (Å²) in [6.07, 6.45) is 21.5. The van der Waals surface area contributed by atoms with Gasteiger partial charge in [-0.25, -0.2) is 0 Å². The molecule has 0 aliphatic heterocycles. The van der Waals surface area contributed by atoms with Crippen LogP contribution >= 0.6 is 0 Å². The van der Waals surface area contributed by atoms with Crippen LogP contribution in [0.4, 0.5) is 0 Å². The summed E-state index contributed by atoms with van der Waals surface area (Å²) >= 11 is 0. The second kappa shape index (κ2) is 9.33. The normalized spacial score (nSPS) is 34.0. The zero-order chi connectivity index (χ0) is 14.9. The minimum absolute atomic E-state index is 0.494. The van der Waals surface area contributed by atoms with Gasteiger partial charge in [0.05, 0.1) is 12.4 Å². The van der Waals surface area contributed by atoms with Crippen molar-refractivity contribution >= 4 is 0 Å². The van der Waals surface area contributed by atoms with Crippen LogP contribution in [-0.4, -0.2) is 6.10 Å². The van der Waals surface area contributed by atoms with Crippen molar-refractivity contribution in [3.05, 3.63) is 25.0 Å². The molecule has 0 amide bonds. The second-order valence-corrected chi connectivity index (χ2v) is 7.10. The molecule has 0 aromatic carbocycles. The quantitative estimate of drug-likeness (QED) is 0.397. The van der Waals surface area contributed by atoms with Gasteiger partial charge in [-0.05, 0) is 75.5 Å². The summed E-state index contributed by atoms with van der Waals surface area (Å²) in [6, 6.07) is 0. The van der Waals surface area contributed by atoms with Gasteiger partial charge < -0.3 is 4.74 Å². The third-order valence-electron chi connectivity index (χ3n) is 5.66. The molecule has 0 N–H and O–H groups in total. The molecular formula is C20H34O. The Kier molecular flexibility index (Phi) is 7.39. The first kappa shape index (κ1) is 16.6. The molecule has 120 valence electrons. The Labute approximate surface area is 131 Å². The molecule has 2 saturated carbocycles. The smallest absolute Gasteiger partial charge is 0.0978 e. The molecule has 0 bridgehead atoms. The predicted octanol–water partition coefficient (Wildman–Crippen LogP) is 6.26. The van der Waals surface area contributed by atoms with Gasteiger partial charge in [-0.1, -0.05) is 31.9 Å². The van der Waals surface area contributed by atoms with E-state index in [9.17, 15) is 0 Å². The van der Waals surface area contributed by atoms with Crippen LogP contribution in [0.5, 0.6) is 0 Å². The highest BCUT2D eigenvalue weighted by Gasteiger charge is 2.30. The van der Waals surface area contributed by atoms with E-state index in [0.29, 0.717) is 6.10 Å². The highest BCUT2D eigenvalue weighted by atomic mass is 16.5. The zero-order valence-electron chi connectivity index (χ0n) is 13.9. The number of rotatable bonds is 7. The lowest BCUT2D eigenvalue weighted by Crippen LogP contribution is -2.28. The molecule has 0 saturated heterocycles. The van der Waals surface area contributed by atoms with Crippen LogP contribution in [0.15, 0.2) is 25.0 Å². The summed E-state index contributed by atoms with van der Waals surface area (Å²) in [5, 5.41) is 0. The van der Waals surface area contributed by atoms with Crippen molar-refractivity contribution < 1.29 is 4.74 Å². The minimum atomic E-state index is 0.494. The van der Waals surface area contributed by atoms with Crippen molar-refractivity contribution in [3.63, 3.8) is 0 Å². The lowest BCUT2D eigenvalue weighted by atomic mass is 9.70. The standard InChI is InChI=1S/C20H34O/c1-3-5-7-17-8-10-18(11-9-17)19-12-14-20(15-13-19)21-16-6-4-2/h3,6,16-20H,1,4-5,7-15H2,2H3/b16-6+/t17-,18-,19?,20?. The molecule has 2 aliphatic rings. The van der Waals surface area contributed by atoms with Crippen LogP contribution in [-0.2, 0) is 4.74 Å². The third kappa shape index (κ3) is 5.52. The molecule has 0 heterocycles. The maximum Gasteiger partial charge on any atom is 0.0978 e. The highest BCUT2D eigenvalue weighted by Crippen LogP contribution is 2.41. The van der Waals surface area contributed by atoms with Crippen LogP contribution in [0.3, 0.4) is 0 Å². The molecule has 0 radical (unpaired) electrons. The molecule has 2 fully saturated rings. The molecule has 0 unspecified atom stereocenters. The molecule has 0 aromatic heterocycles. The van der Waals surface area contributed by atoms with Crippen molar-refractivity contribution in [2.45, 2.75) is 83.7 Å². The van der Waals surface area contributed by atoms with Crippen molar-refractivity contribution in [2.24, 2.45) is 17.8 Å². The van der Waals surface area contributed by atoms with Crippen LogP contribution in [0.25, 0.3) is 0 Å². The average molecular weight is 290 g/mol. The Bertz CT molecular complexity index is 304. The summed E-state index contributed by atoms with van der Waals surface area (Å²) in [4.78, 5) is 0. The van der Waals surface area contributed by atoms with Gasteiger partial charge in [0, 0.05) is 0 Å². The summed E-state index contributed by atoms with van der Waals surface area (Å²) in [7, 11) is 0. The van der Waals surface area contributed by atoms with Gasteiger partial charge in [0.25, 0.3) is 0 Å². The van der Waals surface area contributed by atoms with E-state index in [1.54, 1.807) is 0 Å². The van der Waals surface area contributed by atoms with Gasteiger partial charge in [-0.15, -0.1) is 6.58 Å². The fraction of sp³-hybridized carbons (Fsp3) is 0.800. The SMILES string of the molecule is C=CCC[C@H]1CC[C@H](C2CCC(O/C=C/CC)CC2)CC1. The van der Waals surface area contributed by atoms with Gasteiger partial charge in [-0.2, -0.15) is 0 Å². The minimum Gasteiger partial charge on any atom is -0.498 e. The third-order valence-corrected chi connectivity index (χ3v) is 5.66. The summed E-state index contributed by atoms with van der Waals surface area (Å²) in [5.74, 6) is 2.98. The van der Waals surface area contributed by atoms with E-state index in [0.717, 1.165) is 24.2 Å². The fourth-order valence-corrected chi connectivity index (χ4v) is 4.26. The van der Waals surface area contributed by atoms with E-state index in [4.69, 9.17) is 4.74 Å². The fourth-order valence-electron chi connectivity index (χ4n) is 4.26. The van der Waals surface area contributed by atoms with Crippen molar-refractivity contribution in [2.75, 3.05) is 0 Å². The van der Waals surface area contributed by atoms with Crippen LogP contribution in [0.1, 0.15) is 77.6 Å². The van der Waals surface area contributed by atoms with Gasteiger partial charge in [0.1, 0.15) is 0 Å². The maximum absolute atomic E-state index is 5.83. The summed E-state index contributed by atoms with van der Waals surface area (Å²) in [6.45, 7) is 6.01. The first-order valence-corrected chi connectivity index (χ1v) is 9.24. The van der Waals surface area contributed by atoms with E-state index in [2.05, 4.69) is 25.7 Å². The number of hydrogen-bond acceptors (Lipinski definition) is 1. The average Bonchev–Trinajstić information content (AvgIpc) is 2.54. The van der Waals surface area contributed by atoms with E-state index >= 15 is 0 Å². The number of hydrogen-bond donors (Lipinski definition) is 0. The van der Waals surface area contributed by atoms with Crippen LogP contribution in [0, 0.1) is 17.8 Å². The molecule has 0 atom stereocenters. The van der Waals surface area contributed by atoms with E-state index in [1.807, 2.05) is 6.26 Å². The Balaban J connectivity index is 1.64. The van der Waals surface area contributed by atoms with Crippen LogP contribution in [0.2, 0.25) is 0 Å². The Hall–Kier alpha value is -0.720. The van der Waals surface area contributed by atoms with E-state index in [1.165, 1.54) is 64.2 Å². The monoisotopic (exact) mass is 290 g/mol. The lowest BCUT2D eigenvalue weighted by molar-refractivity contribution is 0.0629. The molecule has 2 aliphatic carbocycles. The predicted molar refractivity (Wildman–Crippen MR) is 91.1 cm³/mol. The number of allylic oxidation sites excluding steroid dienone is 2. The highest BCUT2D eigenvalue weighted by molar-refractivity contribution is 4.84. The van der Waals surface area contributed by atoms with Crippen LogP contribution < -0.4 is 0 Å². The van der Waals surface area contributed by atoms with Crippen molar-refractivity contribution in [1.29, 1.82) is 0 Å². The Morgan fingerprint density at radius 3 is 2.14 bits per heavy atom. The first-order chi connectivity index (χ1) is 10.3. The summed E-state index contributed by atoms with van der Waals surface area (Å²) in [5.41, 5.74) is 0. The number of ether oxygens (including phenoxy) is 1.